The molecule has 0 aliphatic rings. The van der Waals surface area contributed by atoms with E-state index in [4.69, 9.17) is 34.3 Å². The van der Waals surface area contributed by atoms with Gasteiger partial charge in [-0.25, -0.2) is 0 Å². The topological polar surface area (TPSA) is 47.3 Å². The van der Waals surface area contributed by atoms with Gasteiger partial charge in [0.15, 0.2) is 0 Å². The van der Waals surface area contributed by atoms with E-state index in [1.54, 1.807) is 6.07 Å². The highest BCUT2D eigenvalue weighted by atomic mass is 35.5. The lowest BCUT2D eigenvalue weighted by molar-refractivity contribution is 0.333. The van der Waals surface area contributed by atoms with E-state index in [0.717, 1.165) is 11.4 Å². The molecule has 0 saturated carbocycles. The molecule has 0 aliphatic carbocycles. The van der Waals surface area contributed by atoms with Crippen molar-refractivity contribution < 1.29 is 4.74 Å². The zero-order valence-electron chi connectivity index (χ0n) is 10.8. The quantitative estimate of drug-likeness (QED) is 0.634. The standard InChI is InChI=1S/C15H15ClN2OS/c16-12-7-4-8-13(14(12)15(17)20)18-9-10-19-11-5-2-1-3-6-11/h1-8,18H,9-10H2,(H2,17,20). The molecule has 0 heterocycles. The number of hydrogen-bond acceptors (Lipinski definition) is 3. The molecule has 0 unspecified atom stereocenters. The minimum atomic E-state index is 0.280. The lowest BCUT2D eigenvalue weighted by Gasteiger charge is -2.13. The average molecular weight is 307 g/mol. The summed E-state index contributed by atoms with van der Waals surface area (Å²) >= 11 is 11.1. The van der Waals surface area contributed by atoms with Gasteiger partial charge >= 0.3 is 0 Å². The van der Waals surface area contributed by atoms with E-state index in [0.29, 0.717) is 23.7 Å². The first kappa shape index (κ1) is 14.6. The molecule has 0 amide bonds. The molecule has 0 aromatic heterocycles. The minimum Gasteiger partial charge on any atom is -0.492 e. The summed E-state index contributed by atoms with van der Waals surface area (Å²) in [7, 11) is 0. The van der Waals surface area contributed by atoms with Crippen molar-refractivity contribution in [1.82, 2.24) is 0 Å². The summed E-state index contributed by atoms with van der Waals surface area (Å²) in [5, 5.41) is 3.78. The van der Waals surface area contributed by atoms with Gasteiger partial charge < -0.3 is 15.8 Å². The van der Waals surface area contributed by atoms with Crippen LogP contribution >= 0.6 is 23.8 Å². The number of halogens is 1. The Morgan fingerprint density at radius 3 is 2.60 bits per heavy atom. The fourth-order valence-electron chi connectivity index (χ4n) is 1.79. The van der Waals surface area contributed by atoms with Crippen molar-refractivity contribution in [1.29, 1.82) is 0 Å². The maximum absolute atomic E-state index is 6.09. The summed E-state index contributed by atoms with van der Waals surface area (Å²) in [4.78, 5) is 0.280. The fourth-order valence-corrected chi connectivity index (χ4v) is 2.35. The third-order valence-corrected chi connectivity index (χ3v) is 3.21. The van der Waals surface area contributed by atoms with Crippen molar-refractivity contribution in [3.05, 3.63) is 59.1 Å². The number of para-hydroxylation sites is 1. The van der Waals surface area contributed by atoms with Crippen LogP contribution in [0.25, 0.3) is 0 Å². The van der Waals surface area contributed by atoms with Crippen LogP contribution in [0.4, 0.5) is 5.69 Å². The normalized spacial score (nSPS) is 10.1. The largest absolute Gasteiger partial charge is 0.492 e. The van der Waals surface area contributed by atoms with Gasteiger partial charge in [-0.1, -0.05) is 48.1 Å². The number of rotatable bonds is 6. The van der Waals surface area contributed by atoms with Crippen molar-refractivity contribution >= 4 is 34.5 Å². The van der Waals surface area contributed by atoms with Crippen LogP contribution in [-0.4, -0.2) is 18.1 Å². The Balaban J connectivity index is 1.92. The zero-order chi connectivity index (χ0) is 14.4. The number of nitrogens with one attached hydrogen (secondary N) is 1. The Morgan fingerprint density at radius 2 is 1.90 bits per heavy atom. The van der Waals surface area contributed by atoms with Gasteiger partial charge in [-0.15, -0.1) is 0 Å². The third kappa shape index (κ3) is 3.85. The lowest BCUT2D eigenvalue weighted by Crippen LogP contribution is -2.17. The van der Waals surface area contributed by atoms with E-state index >= 15 is 0 Å². The minimum absolute atomic E-state index is 0.280. The summed E-state index contributed by atoms with van der Waals surface area (Å²) in [6.45, 7) is 1.16. The van der Waals surface area contributed by atoms with E-state index in [9.17, 15) is 0 Å². The van der Waals surface area contributed by atoms with Gasteiger partial charge in [-0.3, -0.25) is 0 Å². The summed E-state index contributed by atoms with van der Waals surface area (Å²) in [5.74, 6) is 0.843. The monoisotopic (exact) mass is 306 g/mol. The summed E-state index contributed by atoms with van der Waals surface area (Å²) in [6.07, 6.45) is 0. The molecule has 0 fully saturated rings. The summed E-state index contributed by atoms with van der Waals surface area (Å²) < 4.78 is 5.60. The molecule has 2 rings (SSSR count). The molecule has 0 aliphatic heterocycles. The maximum Gasteiger partial charge on any atom is 0.119 e. The van der Waals surface area contributed by atoms with Crippen LogP contribution in [0.5, 0.6) is 5.75 Å². The Hall–Kier alpha value is -1.78. The summed E-state index contributed by atoms with van der Waals surface area (Å²) in [6, 6.07) is 15.2. The smallest absolute Gasteiger partial charge is 0.119 e. The molecule has 0 radical (unpaired) electrons. The van der Waals surface area contributed by atoms with Crippen LogP contribution in [-0.2, 0) is 0 Å². The molecule has 0 saturated heterocycles. The molecule has 3 N–H and O–H groups in total. The molecule has 0 bridgehead atoms. The van der Waals surface area contributed by atoms with Crippen LogP contribution in [0.3, 0.4) is 0 Å². The number of benzene rings is 2. The van der Waals surface area contributed by atoms with Crippen molar-refractivity contribution in [3.8, 4) is 5.75 Å². The molecular weight excluding hydrogens is 292 g/mol. The van der Waals surface area contributed by atoms with E-state index in [-0.39, 0.29) is 4.99 Å². The predicted molar refractivity (Wildman–Crippen MR) is 87.8 cm³/mol. The van der Waals surface area contributed by atoms with Crippen LogP contribution < -0.4 is 15.8 Å². The Labute approximate surface area is 128 Å². The van der Waals surface area contributed by atoms with Gasteiger partial charge in [0.05, 0.1) is 10.6 Å². The second kappa shape index (κ2) is 7.12. The molecule has 2 aromatic carbocycles. The molecule has 3 nitrogen and oxygen atoms in total. The van der Waals surface area contributed by atoms with Crippen molar-refractivity contribution in [2.24, 2.45) is 5.73 Å². The molecule has 0 atom stereocenters. The summed E-state index contributed by atoms with van der Waals surface area (Å²) in [5.41, 5.74) is 7.18. The third-order valence-electron chi connectivity index (χ3n) is 2.69. The van der Waals surface area contributed by atoms with Crippen molar-refractivity contribution in [2.75, 3.05) is 18.5 Å². The maximum atomic E-state index is 6.09. The highest BCUT2D eigenvalue weighted by Gasteiger charge is 2.08. The molecule has 104 valence electrons. The van der Waals surface area contributed by atoms with Gasteiger partial charge in [0.2, 0.25) is 0 Å². The second-order valence-electron chi connectivity index (χ2n) is 4.11. The fraction of sp³-hybridized carbons (Fsp3) is 0.133. The number of anilines is 1. The van der Waals surface area contributed by atoms with Gasteiger partial charge in [0.25, 0.3) is 0 Å². The molecular formula is C15H15ClN2OS. The van der Waals surface area contributed by atoms with Crippen molar-refractivity contribution in [3.63, 3.8) is 0 Å². The Bertz CT molecular complexity index is 590. The van der Waals surface area contributed by atoms with E-state index in [1.807, 2.05) is 42.5 Å². The van der Waals surface area contributed by atoms with Crippen LogP contribution in [0, 0.1) is 0 Å². The molecule has 5 heteroatoms. The lowest BCUT2D eigenvalue weighted by atomic mass is 10.1. The SMILES string of the molecule is NC(=S)c1c(Cl)cccc1NCCOc1ccccc1. The Kier molecular flexibility index (Phi) is 5.21. The molecule has 20 heavy (non-hydrogen) atoms. The number of ether oxygens (including phenoxy) is 1. The average Bonchev–Trinajstić information content (AvgIpc) is 2.44. The van der Waals surface area contributed by atoms with Gasteiger partial charge in [0.1, 0.15) is 17.3 Å². The Morgan fingerprint density at radius 1 is 1.15 bits per heavy atom. The highest BCUT2D eigenvalue weighted by molar-refractivity contribution is 7.80. The predicted octanol–water partition coefficient (Wildman–Crippen LogP) is 3.47. The van der Waals surface area contributed by atoms with Crippen LogP contribution in [0.2, 0.25) is 5.02 Å². The number of thiocarbonyl (C=S) groups is 1. The van der Waals surface area contributed by atoms with E-state index in [2.05, 4.69) is 5.32 Å². The van der Waals surface area contributed by atoms with E-state index < -0.39 is 0 Å². The number of nitrogens with two attached hydrogens (primary N) is 1. The van der Waals surface area contributed by atoms with E-state index in [1.165, 1.54) is 0 Å². The highest BCUT2D eigenvalue weighted by Crippen LogP contribution is 2.24. The zero-order valence-corrected chi connectivity index (χ0v) is 12.4. The molecule has 2 aromatic rings. The van der Waals surface area contributed by atoms with Crippen LogP contribution in [0.15, 0.2) is 48.5 Å². The first-order valence-corrected chi connectivity index (χ1v) is 6.97. The second-order valence-corrected chi connectivity index (χ2v) is 4.96. The van der Waals surface area contributed by atoms with Gasteiger partial charge in [-0.05, 0) is 24.3 Å². The first-order valence-electron chi connectivity index (χ1n) is 6.18. The van der Waals surface area contributed by atoms with Crippen molar-refractivity contribution in [2.45, 2.75) is 0 Å². The van der Waals surface area contributed by atoms with Gasteiger partial charge in [-0.2, -0.15) is 0 Å². The number of hydrogen-bond donors (Lipinski definition) is 2. The van der Waals surface area contributed by atoms with Gasteiger partial charge in [0, 0.05) is 12.2 Å². The first-order chi connectivity index (χ1) is 9.68. The van der Waals surface area contributed by atoms with Crippen LogP contribution in [0.1, 0.15) is 5.56 Å². The molecule has 0 spiro atoms.